The minimum atomic E-state index is -0.799. The van der Waals surface area contributed by atoms with Gasteiger partial charge in [-0.05, 0) is 24.8 Å². The van der Waals surface area contributed by atoms with Crippen LogP contribution >= 0.6 is 0 Å². The lowest BCUT2D eigenvalue weighted by atomic mass is 9.95. The number of hydrogen-bond donors (Lipinski definition) is 1. The zero-order valence-corrected chi connectivity index (χ0v) is 10.4. The van der Waals surface area contributed by atoms with E-state index in [1.165, 1.54) is 0 Å². The second-order valence-electron chi connectivity index (χ2n) is 4.73. The Kier molecular flexibility index (Phi) is 3.64. The molecule has 98 valence electrons. The van der Waals surface area contributed by atoms with Gasteiger partial charge in [0.15, 0.2) is 0 Å². The van der Waals surface area contributed by atoms with Crippen molar-refractivity contribution < 1.29 is 14.7 Å². The van der Waals surface area contributed by atoms with E-state index in [2.05, 4.69) is 5.10 Å². The van der Waals surface area contributed by atoms with Gasteiger partial charge in [0.2, 0.25) is 0 Å². The molecular formula is C12H17N3O3. The summed E-state index contributed by atoms with van der Waals surface area (Å²) in [7, 11) is 1.76. The Bertz CT molecular complexity index is 455. The monoisotopic (exact) mass is 251 g/mol. The molecule has 18 heavy (non-hydrogen) atoms. The topological polar surface area (TPSA) is 75.4 Å². The van der Waals surface area contributed by atoms with Crippen LogP contribution in [0.1, 0.15) is 29.8 Å². The summed E-state index contributed by atoms with van der Waals surface area (Å²) in [5.74, 6) is -0.846. The van der Waals surface area contributed by atoms with Gasteiger partial charge in [-0.1, -0.05) is 0 Å². The van der Waals surface area contributed by atoms with Gasteiger partial charge in [-0.25, -0.2) is 0 Å². The van der Waals surface area contributed by atoms with Crippen LogP contribution in [0.4, 0.5) is 0 Å². The molecule has 1 aromatic rings. The number of carbonyl (C=O) groups is 2. The highest BCUT2D eigenvalue weighted by atomic mass is 16.4. The number of aromatic nitrogens is 2. The van der Waals surface area contributed by atoms with E-state index in [0.717, 1.165) is 12.8 Å². The first-order valence-electron chi connectivity index (χ1n) is 6.07. The predicted molar refractivity (Wildman–Crippen MR) is 64.1 cm³/mol. The summed E-state index contributed by atoms with van der Waals surface area (Å²) in [4.78, 5) is 24.6. The van der Waals surface area contributed by atoms with Crippen LogP contribution in [-0.2, 0) is 11.8 Å². The molecule has 1 amide bonds. The molecular weight excluding hydrogens is 234 g/mol. The number of carboxylic acid groups (broad SMARTS) is 1. The molecule has 6 heteroatoms. The molecule has 1 atom stereocenters. The maximum absolute atomic E-state index is 12.1. The molecule has 1 saturated heterocycles. The number of aliphatic carboxylic acids is 1. The summed E-state index contributed by atoms with van der Waals surface area (Å²) in [6.45, 7) is 1.20. The lowest BCUT2D eigenvalue weighted by Crippen LogP contribution is -2.40. The van der Waals surface area contributed by atoms with Gasteiger partial charge in [-0.2, -0.15) is 5.10 Å². The zero-order chi connectivity index (χ0) is 13.1. The number of carboxylic acids is 1. The third kappa shape index (κ3) is 2.88. The number of piperidine rings is 1. The molecule has 1 aliphatic heterocycles. The summed E-state index contributed by atoms with van der Waals surface area (Å²) in [5, 5.41) is 12.9. The zero-order valence-electron chi connectivity index (χ0n) is 10.4. The highest BCUT2D eigenvalue weighted by Gasteiger charge is 2.26. The van der Waals surface area contributed by atoms with E-state index in [4.69, 9.17) is 5.11 Å². The number of amides is 1. The Balaban J connectivity index is 2.00. The van der Waals surface area contributed by atoms with Gasteiger partial charge in [-0.3, -0.25) is 14.3 Å². The summed E-state index contributed by atoms with van der Waals surface area (Å²) < 4.78 is 1.59. The Labute approximate surface area is 105 Å². The first kappa shape index (κ1) is 12.6. The molecule has 0 radical (unpaired) electrons. The average Bonchev–Trinajstić information content (AvgIpc) is 2.74. The lowest BCUT2D eigenvalue weighted by Gasteiger charge is -2.31. The molecule has 0 aliphatic carbocycles. The van der Waals surface area contributed by atoms with Gasteiger partial charge in [-0.15, -0.1) is 0 Å². The van der Waals surface area contributed by atoms with Crippen molar-refractivity contribution in [2.75, 3.05) is 13.1 Å². The highest BCUT2D eigenvalue weighted by Crippen LogP contribution is 2.20. The van der Waals surface area contributed by atoms with Gasteiger partial charge >= 0.3 is 5.97 Å². The minimum Gasteiger partial charge on any atom is -0.481 e. The molecule has 0 aromatic carbocycles. The van der Waals surface area contributed by atoms with E-state index in [9.17, 15) is 9.59 Å². The average molecular weight is 251 g/mol. The fraction of sp³-hybridized carbons (Fsp3) is 0.583. The summed E-state index contributed by atoms with van der Waals surface area (Å²) in [6, 6.07) is 1.68. The van der Waals surface area contributed by atoms with Crippen LogP contribution < -0.4 is 0 Å². The maximum atomic E-state index is 12.1. The molecule has 6 nitrogen and oxygen atoms in total. The van der Waals surface area contributed by atoms with Crippen molar-refractivity contribution in [2.45, 2.75) is 19.3 Å². The van der Waals surface area contributed by atoms with Gasteiger partial charge in [0.1, 0.15) is 5.69 Å². The van der Waals surface area contributed by atoms with Crippen LogP contribution in [0.5, 0.6) is 0 Å². The Morgan fingerprint density at radius 2 is 2.33 bits per heavy atom. The molecule has 1 fully saturated rings. The standard InChI is InChI=1S/C12H17N3O3/c1-14-6-4-10(13-14)12(18)15-5-2-3-9(8-15)7-11(16)17/h4,6,9H,2-3,5,7-8H2,1H3,(H,16,17). The normalized spacial score (nSPS) is 19.8. The first-order valence-corrected chi connectivity index (χ1v) is 6.07. The molecule has 1 aromatic heterocycles. The van der Waals surface area contributed by atoms with Crippen LogP contribution in [0.2, 0.25) is 0 Å². The van der Waals surface area contributed by atoms with Crippen LogP contribution in [-0.4, -0.2) is 44.8 Å². The molecule has 0 saturated carbocycles. The van der Waals surface area contributed by atoms with Crippen LogP contribution in [0.25, 0.3) is 0 Å². The van der Waals surface area contributed by atoms with Gasteiger partial charge < -0.3 is 10.0 Å². The molecule has 2 heterocycles. The van der Waals surface area contributed by atoms with Gasteiger partial charge in [0.25, 0.3) is 5.91 Å². The first-order chi connectivity index (χ1) is 8.56. The predicted octanol–water partition coefficient (Wildman–Crippen LogP) is 0.747. The Hall–Kier alpha value is -1.85. The maximum Gasteiger partial charge on any atom is 0.303 e. The van der Waals surface area contributed by atoms with E-state index in [-0.39, 0.29) is 18.2 Å². The third-order valence-corrected chi connectivity index (χ3v) is 3.20. The second-order valence-corrected chi connectivity index (χ2v) is 4.73. The van der Waals surface area contributed by atoms with Gasteiger partial charge in [0.05, 0.1) is 0 Å². The Morgan fingerprint density at radius 3 is 2.94 bits per heavy atom. The van der Waals surface area contributed by atoms with E-state index in [1.807, 2.05) is 0 Å². The van der Waals surface area contributed by atoms with E-state index >= 15 is 0 Å². The van der Waals surface area contributed by atoms with Crippen LogP contribution in [0, 0.1) is 5.92 Å². The minimum absolute atomic E-state index is 0.0592. The quantitative estimate of drug-likeness (QED) is 0.860. The summed E-state index contributed by atoms with van der Waals surface area (Å²) >= 11 is 0. The van der Waals surface area contributed by atoms with Crippen molar-refractivity contribution in [1.82, 2.24) is 14.7 Å². The van der Waals surface area contributed by atoms with Crippen molar-refractivity contribution in [2.24, 2.45) is 13.0 Å². The largest absolute Gasteiger partial charge is 0.481 e. The number of carbonyl (C=O) groups excluding carboxylic acids is 1. The second kappa shape index (κ2) is 5.20. The van der Waals surface area contributed by atoms with Crippen LogP contribution in [0.15, 0.2) is 12.3 Å². The van der Waals surface area contributed by atoms with E-state index in [1.54, 1.807) is 28.9 Å². The lowest BCUT2D eigenvalue weighted by molar-refractivity contribution is -0.138. The molecule has 1 aliphatic rings. The fourth-order valence-corrected chi connectivity index (χ4v) is 2.35. The molecule has 1 unspecified atom stereocenters. The van der Waals surface area contributed by atoms with Crippen molar-refractivity contribution in [1.29, 1.82) is 0 Å². The van der Waals surface area contributed by atoms with Crippen molar-refractivity contribution >= 4 is 11.9 Å². The van der Waals surface area contributed by atoms with E-state index in [0.29, 0.717) is 18.8 Å². The molecule has 2 rings (SSSR count). The number of likely N-dealkylation sites (tertiary alicyclic amines) is 1. The SMILES string of the molecule is Cn1ccc(C(=O)N2CCCC(CC(=O)O)C2)n1. The summed E-state index contributed by atoms with van der Waals surface area (Å²) in [5.41, 5.74) is 0.425. The van der Waals surface area contributed by atoms with E-state index < -0.39 is 5.97 Å². The molecule has 1 N–H and O–H groups in total. The molecule has 0 bridgehead atoms. The van der Waals surface area contributed by atoms with Crippen LogP contribution in [0.3, 0.4) is 0 Å². The summed E-state index contributed by atoms with van der Waals surface area (Å²) in [6.07, 6.45) is 3.59. The molecule has 0 spiro atoms. The van der Waals surface area contributed by atoms with Crippen molar-refractivity contribution in [3.8, 4) is 0 Å². The Morgan fingerprint density at radius 1 is 1.56 bits per heavy atom. The number of aryl methyl sites for hydroxylation is 1. The highest BCUT2D eigenvalue weighted by molar-refractivity contribution is 5.92. The number of nitrogens with zero attached hydrogens (tertiary/aromatic N) is 3. The number of hydrogen-bond acceptors (Lipinski definition) is 3. The smallest absolute Gasteiger partial charge is 0.303 e. The van der Waals surface area contributed by atoms with Crippen molar-refractivity contribution in [3.05, 3.63) is 18.0 Å². The fourth-order valence-electron chi connectivity index (χ4n) is 2.35. The third-order valence-electron chi connectivity index (χ3n) is 3.20. The van der Waals surface area contributed by atoms with Gasteiger partial charge in [0, 0.05) is 32.8 Å². The van der Waals surface area contributed by atoms with Crippen molar-refractivity contribution in [3.63, 3.8) is 0 Å². The number of rotatable bonds is 3.